The molecule has 0 aromatic rings. The van der Waals surface area contributed by atoms with Gasteiger partial charge in [0.1, 0.15) is 5.60 Å². The molecule has 122 valence electrons. The minimum atomic E-state index is -0.574. The lowest BCUT2D eigenvalue weighted by Gasteiger charge is -2.37. The lowest BCUT2D eigenvalue weighted by Crippen LogP contribution is -2.55. The van der Waals surface area contributed by atoms with Gasteiger partial charge in [0.15, 0.2) is 0 Å². The molecule has 0 saturated carbocycles. The molecular formula is C16H31N3O2. The molecule has 5 nitrogen and oxygen atoms in total. The van der Waals surface area contributed by atoms with Crippen LogP contribution in [0.25, 0.3) is 0 Å². The molecule has 2 rings (SSSR count). The van der Waals surface area contributed by atoms with E-state index in [1.807, 2.05) is 4.90 Å². The lowest BCUT2D eigenvalue weighted by atomic mass is 9.90. The van der Waals surface area contributed by atoms with E-state index < -0.39 is 5.60 Å². The van der Waals surface area contributed by atoms with Crippen molar-refractivity contribution in [2.45, 2.75) is 38.2 Å². The molecule has 0 aromatic carbocycles. The maximum atomic E-state index is 12.9. The summed E-state index contributed by atoms with van der Waals surface area (Å²) in [7, 11) is 3.86. The Morgan fingerprint density at radius 2 is 2.14 bits per heavy atom. The zero-order chi connectivity index (χ0) is 15.3. The van der Waals surface area contributed by atoms with E-state index in [1.165, 1.54) is 6.42 Å². The number of rotatable bonds is 6. The first kappa shape index (κ1) is 16.7. The van der Waals surface area contributed by atoms with Crippen LogP contribution in [0.3, 0.4) is 0 Å². The lowest BCUT2D eigenvalue weighted by molar-refractivity contribution is -0.157. The molecule has 0 spiro atoms. The summed E-state index contributed by atoms with van der Waals surface area (Å²) >= 11 is 0. The minimum Gasteiger partial charge on any atom is -0.368 e. The van der Waals surface area contributed by atoms with E-state index in [1.54, 1.807) is 7.11 Å². The van der Waals surface area contributed by atoms with Crippen molar-refractivity contribution in [3.63, 3.8) is 0 Å². The molecule has 0 bridgehead atoms. The van der Waals surface area contributed by atoms with Crippen molar-refractivity contribution in [1.82, 2.24) is 15.1 Å². The average Bonchev–Trinajstić information content (AvgIpc) is 2.95. The summed E-state index contributed by atoms with van der Waals surface area (Å²) in [5, 5.41) is 3.31. The quantitative estimate of drug-likeness (QED) is 0.793. The van der Waals surface area contributed by atoms with E-state index >= 15 is 0 Å². The highest BCUT2D eigenvalue weighted by molar-refractivity contribution is 5.85. The van der Waals surface area contributed by atoms with Crippen molar-refractivity contribution < 1.29 is 9.53 Å². The minimum absolute atomic E-state index is 0.215. The Labute approximate surface area is 129 Å². The Bertz CT molecular complexity index is 342. The summed E-state index contributed by atoms with van der Waals surface area (Å²) < 4.78 is 5.67. The van der Waals surface area contributed by atoms with Crippen LogP contribution < -0.4 is 5.32 Å². The molecule has 1 unspecified atom stereocenters. The SMILES string of the molecule is CCCN(C)CC1CCN(C(=O)C2(OC)CCNCC2)C1. The van der Waals surface area contributed by atoms with E-state index in [9.17, 15) is 4.79 Å². The monoisotopic (exact) mass is 297 g/mol. The molecule has 2 aliphatic heterocycles. The van der Waals surface area contributed by atoms with E-state index in [0.29, 0.717) is 5.92 Å². The first-order valence-corrected chi connectivity index (χ1v) is 8.35. The van der Waals surface area contributed by atoms with Crippen LogP contribution in [0.2, 0.25) is 0 Å². The zero-order valence-corrected chi connectivity index (χ0v) is 13.9. The number of carbonyl (C=O) groups is 1. The summed E-state index contributed by atoms with van der Waals surface area (Å²) in [6.07, 6.45) is 3.89. The third-order valence-electron chi connectivity index (χ3n) is 4.94. The molecular weight excluding hydrogens is 266 g/mol. The van der Waals surface area contributed by atoms with Gasteiger partial charge in [-0.25, -0.2) is 0 Å². The molecule has 2 saturated heterocycles. The smallest absolute Gasteiger partial charge is 0.254 e. The van der Waals surface area contributed by atoms with Crippen molar-refractivity contribution in [3.8, 4) is 0 Å². The molecule has 2 heterocycles. The van der Waals surface area contributed by atoms with E-state index in [0.717, 1.165) is 58.5 Å². The Kier molecular flexibility index (Phi) is 6.02. The Hall–Kier alpha value is -0.650. The molecule has 1 atom stereocenters. The van der Waals surface area contributed by atoms with Crippen LogP contribution in [0.1, 0.15) is 32.6 Å². The van der Waals surface area contributed by atoms with Gasteiger partial charge in [0.05, 0.1) is 0 Å². The summed E-state index contributed by atoms with van der Waals surface area (Å²) in [5.74, 6) is 0.827. The second-order valence-electron chi connectivity index (χ2n) is 6.62. The van der Waals surface area contributed by atoms with Crippen molar-refractivity contribution in [2.75, 3.05) is 53.4 Å². The van der Waals surface area contributed by atoms with Crippen molar-refractivity contribution in [1.29, 1.82) is 0 Å². The van der Waals surface area contributed by atoms with E-state index in [2.05, 4.69) is 24.2 Å². The maximum Gasteiger partial charge on any atom is 0.254 e. The van der Waals surface area contributed by atoms with Crippen LogP contribution in [0.15, 0.2) is 0 Å². The van der Waals surface area contributed by atoms with Crippen molar-refractivity contribution in [3.05, 3.63) is 0 Å². The van der Waals surface area contributed by atoms with Gasteiger partial charge < -0.3 is 19.9 Å². The second kappa shape index (κ2) is 7.56. The number of nitrogens with one attached hydrogen (secondary N) is 1. The number of likely N-dealkylation sites (tertiary alicyclic amines) is 1. The fourth-order valence-electron chi connectivity index (χ4n) is 3.70. The summed E-state index contributed by atoms with van der Waals surface area (Å²) in [5.41, 5.74) is -0.574. The number of carbonyl (C=O) groups excluding carboxylic acids is 1. The molecule has 2 aliphatic rings. The molecule has 0 aromatic heterocycles. The van der Waals surface area contributed by atoms with Gasteiger partial charge in [-0.3, -0.25) is 4.79 Å². The first-order chi connectivity index (χ1) is 10.1. The standard InChI is InChI=1S/C16H31N3O2/c1-4-10-18(2)12-14-5-11-19(13-14)15(20)16(21-3)6-8-17-9-7-16/h14,17H,4-13H2,1-3H3. The molecule has 21 heavy (non-hydrogen) atoms. The molecule has 1 amide bonds. The normalized spacial score (nSPS) is 25.5. The van der Waals surface area contributed by atoms with Crippen LogP contribution in [0.5, 0.6) is 0 Å². The highest BCUT2D eigenvalue weighted by atomic mass is 16.5. The summed E-state index contributed by atoms with van der Waals surface area (Å²) in [6.45, 7) is 7.97. The van der Waals surface area contributed by atoms with E-state index in [4.69, 9.17) is 4.74 Å². The van der Waals surface area contributed by atoms with Gasteiger partial charge in [-0.2, -0.15) is 0 Å². The number of methoxy groups -OCH3 is 1. The Morgan fingerprint density at radius 1 is 1.43 bits per heavy atom. The van der Waals surface area contributed by atoms with Gasteiger partial charge in [-0.05, 0) is 58.3 Å². The van der Waals surface area contributed by atoms with Gasteiger partial charge in [0.25, 0.3) is 5.91 Å². The number of hydrogen-bond donors (Lipinski definition) is 1. The predicted octanol–water partition coefficient (Wildman–Crippen LogP) is 0.945. The highest BCUT2D eigenvalue weighted by Gasteiger charge is 2.44. The van der Waals surface area contributed by atoms with Crippen LogP contribution in [-0.4, -0.2) is 74.7 Å². The number of nitrogens with zero attached hydrogens (tertiary/aromatic N) is 2. The van der Waals surface area contributed by atoms with Crippen LogP contribution in [0, 0.1) is 5.92 Å². The summed E-state index contributed by atoms with van der Waals surface area (Å²) in [6, 6.07) is 0. The van der Waals surface area contributed by atoms with Crippen molar-refractivity contribution >= 4 is 5.91 Å². The molecule has 1 N–H and O–H groups in total. The Balaban J connectivity index is 1.89. The largest absolute Gasteiger partial charge is 0.368 e. The zero-order valence-electron chi connectivity index (χ0n) is 13.9. The van der Waals surface area contributed by atoms with Gasteiger partial charge in [-0.1, -0.05) is 6.92 Å². The predicted molar refractivity (Wildman–Crippen MR) is 84.3 cm³/mol. The van der Waals surface area contributed by atoms with Crippen LogP contribution in [0.4, 0.5) is 0 Å². The molecule has 0 radical (unpaired) electrons. The number of ether oxygens (including phenoxy) is 1. The number of hydrogen-bond acceptors (Lipinski definition) is 4. The average molecular weight is 297 g/mol. The number of amides is 1. The molecule has 5 heteroatoms. The third-order valence-corrected chi connectivity index (χ3v) is 4.94. The maximum absolute atomic E-state index is 12.9. The molecule has 0 aliphatic carbocycles. The van der Waals surface area contributed by atoms with Gasteiger partial charge >= 0.3 is 0 Å². The van der Waals surface area contributed by atoms with Crippen LogP contribution in [-0.2, 0) is 9.53 Å². The Morgan fingerprint density at radius 3 is 2.76 bits per heavy atom. The van der Waals surface area contributed by atoms with E-state index in [-0.39, 0.29) is 5.91 Å². The van der Waals surface area contributed by atoms with Gasteiger partial charge in [-0.15, -0.1) is 0 Å². The third kappa shape index (κ3) is 3.96. The second-order valence-corrected chi connectivity index (χ2v) is 6.62. The molecule has 2 fully saturated rings. The fraction of sp³-hybridized carbons (Fsp3) is 0.938. The highest BCUT2D eigenvalue weighted by Crippen LogP contribution is 2.28. The van der Waals surface area contributed by atoms with Crippen molar-refractivity contribution in [2.24, 2.45) is 5.92 Å². The van der Waals surface area contributed by atoms with Crippen LogP contribution >= 0.6 is 0 Å². The topological polar surface area (TPSA) is 44.8 Å². The number of piperidine rings is 1. The fourth-order valence-corrected chi connectivity index (χ4v) is 3.70. The van der Waals surface area contributed by atoms with Gasteiger partial charge in [0, 0.05) is 26.7 Å². The van der Waals surface area contributed by atoms with Gasteiger partial charge in [0.2, 0.25) is 0 Å². The summed E-state index contributed by atoms with van der Waals surface area (Å²) in [4.78, 5) is 17.3. The first-order valence-electron chi connectivity index (χ1n) is 8.35.